The Morgan fingerprint density at radius 2 is 1.86 bits per heavy atom. The Labute approximate surface area is 164 Å². The van der Waals surface area contributed by atoms with Gasteiger partial charge < -0.3 is 19.9 Å². The van der Waals surface area contributed by atoms with E-state index >= 15 is 0 Å². The zero-order valence-corrected chi connectivity index (χ0v) is 16.4. The number of amides is 2. The lowest BCUT2D eigenvalue weighted by molar-refractivity contribution is -0.135. The molecule has 3 rings (SSSR count). The van der Waals surface area contributed by atoms with Crippen LogP contribution < -0.4 is 10.1 Å². The number of fused-ring (bicyclic) bond motifs is 1. The van der Waals surface area contributed by atoms with E-state index < -0.39 is 6.04 Å². The van der Waals surface area contributed by atoms with Crippen LogP contribution in [0, 0.1) is 0 Å². The molecule has 0 bridgehead atoms. The summed E-state index contributed by atoms with van der Waals surface area (Å²) in [4.78, 5) is 29.6. The standard InChI is InChI=1S/C22H25N3O3/c1-15(26)24-21(12-17-13-23-20-7-5-4-6-19(17)20)22(27)25(2)14-16-8-10-18(28-3)11-9-16/h4-11,13,21,23H,12,14H2,1-3H3,(H,24,26)/t21-/m0/s1. The summed E-state index contributed by atoms with van der Waals surface area (Å²) in [5.74, 6) is 0.417. The highest BCUT2D eigenvalue weighted by Gasteiger charge is 2.24. The van der Waals surface area contributed by atoms with Crippen LogP contribution in [0.1, 0.15) is 18.1 Å². The molecule has 0 aliphatic rings. The lowest BCUT2D eigenvalue weighted by atomic mass is 10.0. The van der Waals surface area contributed by atoms with Gasteiger partial charge in [0.25, 0.3) is 0 Å². The summed E-state index contributed by atoms with van der Waals surface area (Å²) in [5.41, 5.74) is 3.00. The Bertz CT molecular complexity index is 963. The molecule has 0 unspecified atom stereocenters. The average molecular weight is 379 g/mol. The van der Waals surface area contributed by atoms with Gasteiger partial charge in [-0.05, 0) is 29.3 Å². The van der Waals surface area contributed by atoms with Gasteiger partial charge in [0.15, 0.2) is 0 Å². The van der Waals surface area contributed by atoms with Crippen molar-refractivity contribution in [3.05, 3.63) is 65.9 Å². The normalized spacial score (nSPS) is 11.8. The monoisotopic (exact) mass is 379 g/mol. The second-order valence-corrected chi connectivity index (χ2v) is 6.86. The summed E-state index contributed by atoms with van der Waals surface area (Å²) in [6.45, 7) is 1.88. The van der Waals surface area contributed by atoms with Gasteiger partial charge in [0, 0.05) is 44.0 Å². The number of nitrogens with zero attached hydrogens (tertiary/aromatic N) is 1. The number of benzene rings is 2. The van der Waals surface area contributed by atoms with Crippen molar-refractivity contribution in [1.82, 2.24) is 15.2 Å². The third kappa shape index (κ3) is 4.52. The maximum atomic E-state index is 13.0. The van der Waals surface area contributed by atoms with Gasteiger partial charge in [0.05, 0.1) is 7.11 Å². The van der Waals surface area contributed by atoms with Gasteiger partial charge in [-0.25, -0.2) is 0 Å². The Hall–Kier alpha value is -3.28. The molecule has 0 fully saturated rings. The van der Waals surface area contributed by atoms with Crippen LogP contribution in [0.5, 0.6) is 5.75 Å². The Kier molecular flexibility index (Phi) is 5.99. The number of rotatable bonds is 7. The summed E-state index contributed by atoms with van der Waals surface area (Å²) in [7, 11) is 3.37. The van der Waals surface area contributed by atoms with Crippen molar-refractivity contribution in [2.24, 2.45) is 0 Å². The molecular weight excluding hydrogens is 354 g/mol. The summed E-state index contributed by atoms with van der Waals surface area (Å²) >= 11 is 0. The number of H-pyrrole nitrogens is 1. The summed E-state index contributed by atoms with van der Waals surface area (Å²) in [6.07, 6.45) is 2.33. The van der Waals surface area contributed by atoms with E-state index in [9.17, 15) is 9.59 Å². The minimum Gasteiger partial charge on any atom is -0.497 e. The van der Waals surface area contributed by atoms with Crippen LogP contribution in [0.4, 0.5) is 0 Å². The first-order valence-electron chi connectivity index (χ1n) is 9.18. The minimum absolute atomic E-state index is 0.128. The molecule has 2 aromatic carbocycles. The number of likely N-dealkylation sites (N-methyl/N-ethyl adjacent to an activating group) is 1. The molecule has 0 saturated heterocycles. The second kappa shape index (κ2) is 8.61. The first-order chi connectivity index (χ1) is 13.5. The number of para-hydroxylation sites is 1. The maximum absolute atomic E-state index is 13.0. The summed E-state index contributed by atoms with van der Waals surface area (Å²) in [6, 6.07) is 14.9. The number of hydrogen-bond acceptors (Lipinski definition) is 3. The van der Waals surface area contributed by atoms with E-state index in [1.165, 1.54) is 6.92 Å². The van der Waals surface area contributed by atoms with Crippen LogP contribution >= 0.6 is 0 Å². The number of aromatic amines is 1. The summed E-state index contributed by atoms with van der Waals surface area (Å²) < 4.78 is 5.17. The van der Waals surface area contributed by atoms with Crippen molar-refractivity contribution in [2.75, 3.05) is 14.2 Å². The van der Waals surface area contributed by atoms with E-state index in [2.05, 4.69) is 10.3 Å². The maximum Gasteiger partial charge on any atom is 0.245 e. The fraction of sp³-hybridized carbons (Fsp3) is 0.273. The van der Waals surface area contributed by atoms with E-state index in [4.69, 9.17) is 4.74 Å². The molecule has 0 aliphatic heterocycles. The molecule has 1 atom stereocenters. The van der Waals surface area contributed by atoms with Gasteiger partial charge in [0.1, 0.15) is 11.8 Å². The van der Waals surface area contributed by atoms with Crippen LogP contribution in [0.15, 0.2) is 54.7 Å². The number of ether oxygens (including phenoxy) is 1. The number of carbonyl (C=O) groups excluding carboxylic acids is 2. The fourth-order valence-corrected chi connectivity index (χ4v) is 3.31. The number of nitrogens with one attached hydrogen (secondary N) is 2. The molecule has 6 heteroatoms. The van der Waals surface area contributed by atoms with Gasteiger partial charge in [-0.3, -0.25) is 9.59 Å². The van der Waals surface area contributed by atoms with Crippen molar-refractivity contribution in [2.45, 2.75) is 25.9 Å². The van der Waals surface area contributed by atoms with Crippen LogP contribution in [0.2, 0.25) is 0 Å². The Morgan fingerprint density at radius 3 is 2.54 bits per heavy atom. The molecule has 0 aliphatic carbocycles. The highest BCUT2D eigenvalue weighted by Crippen LogP contribution is 2.20. The van der Waals surface area contributed by atoms with Crippen molar-refractivity contribution in [1.29, 1.82) is 0 Å². The van der Waals surface area contributed by atoms with E-state index in [1.807, 2.05) is 54.7 Å². The summed E-state index contributed by atoms with van der Waals surface area (Å²) in [5, 5.41) is 3.86. The predicted molar refractivity (Wildman–Crippen MR) is 109 cm³/mol. The Balaban J connectivity index is 1.75. The Morgan fingerprint density at radius 1 is 1.14 bits per heavy atom. The van der Waals surface area contributed by atoms with Gasteiger partial charge in [-0.1, -0.05) is 30.3 Å². The van der Waals surface area contributed by atoms with Gasteiger partial charge in [-0.2, -0.15) is 0 Å². The predicted octanol–water partition coefficient (Wildman–Crippen LogP) is 2.88. The third-order valence-corrected chi connectivity index (χ3v) is 4.73. The smallest absolute Gasteiger partial charge is 0.245 e. The third-order valence-electron chi connectivity index (χ3n) is 4.73. The average Bonchev–Trinajstić information content (AvgIpc) is 3.10. The van der Waals surface area contributed by atoms with Crippen molar-refractivity contribution < 1.29 is 14.3 Å². The SMILES string of the molecule is COc1ccc(CN(C)C(=O)[C@H](Cc2c[nH]c3ccccc23)NC(C)=O)cc1. The highest BCUT2D eigenvalue weighted by atomic mass is 16.5. The fourth-order valence-electron chi connectivity index (χ4n) is 3.31. The van der Waals surface area contributed by atoms with Crippen molar-refractivity contribution >= 4 is 22.7 Å². The number of hydrogen-bond donors (Lipinski definition) is 2. The second-order valence-electron chi connectivity index (χ2n) is 6.86. The number of carbonyl (C=O) groups is 2. The molecule has 0 spiro atoms. The molecule has 3 aromatic rings. The molecule has 146 valence electrons. The number of methoxy groups -OCH3 is 1. The first-order valence-corrected chi connectivity index (χ1v) is 9.18. The lowest BCUT2D eigenvalue weighted by Crippen LogP contribution is -2.47. The van der Waals surface area contributed by atoms with Gasteiger partial charge in [-0.15, -0.1) is 0 Å². The molecule has 0 saturated carbocycles. The largest absolute Gasteiger partial charge is 0.497 e. The molecular formula is C22H25N3O3. The zero-order chi connectivity index (χ0) is 20.1. The molecule has 2 amide bonds. The van der Waals surface area contributed by atoms with E-state index in [-0.39, 0.29) is 11.8 Å². The topological polar surface area (TPSA) is 74.4 Å². The van der Waals surface area contributed by atoms with E-state index in [0.717, 1.165) is 27.8 Å². The number of aromatic nitrogens is 1. The van der Waals surface area contributed by atoms with E-state index in [0.29, 0.717) is 13.0 Å². The van der Waals surface area contributed by atoms with Gasteiger partial charge >= 0.3 is 0 Å². The van der Waals surface area contributed by atoms with E-state index in [1.54, 1.807) is 19.1 Å². The van der Waals surface area contributed by atoms with Crippen LogP contribution in [0.3, 0.4) is 0 Å². The van der Waals surface area contributed by atoms with Crippen LogP contribution in [-0.4, -0.2) is 41.9 Å². The quantitative estimate of drug-likeness (QED) is 0.663. The van der Waals surface area contributed by atoms with Crippen LogP contribution in [0.25, 0.3) is 10.9 Å². The minimum atomic E-state index is -0.625. The molecule has 0 radical (unpaired) electrons. The highest BCUT2D eigenvalue weighted by molar-refractivity contribution is 5.89. The van der Waals surface area contributed by atoms with Crippen LogP contribution in [-0.2, 0) is 22.6 Å². The molecule has 28 heavy (non-hydrogen) atoms. The van der Waals surface area contributed by atoms with Crippen molar-refractivity contribution in [3.63, 3.8) is 0 Å². The first kappa shape index (κ1) is 19.5. The zero-order valence-electron chi connectivity index (χ0n) is 16.4. The molecule has 1 aromatic heterocycles. The molecule has 6 nitrogen and oxygen atoms in total. The lowest BCUT2D eigenvalue weighted by Gasteiger charge is -2.24. The van der Waals surface area contributed by atoms with Gasteiger partial charge in [0.2, 0.25) is 11.8 Å². The van der Waals surface area contributed by atoms with Crippen molar-refractivity contribution in [3.8, 4) is 5.75 Å². The molecule has 1 heterocycles. The molecule has 2 N–H and O–H groups in total.